The number of aryl methyl sites for hydroxylation is 3. The molecule has 0 aliphatic rings. The van der Waals surface area contributed by atoms with E-state index in [1.165, 1.54) is 5.56 Å². The van der Waals surface area contributed by atoms with Crippen molar-refractivity contribution in [3.05, 3.63) is 47.0 Å². The number of rotatable bonds is 4. The average Bonchev–Trinajstić information content (AvgIpc) is 2.50. The minimum Gasteiger partial charge on any atom is -0.497 e. The summed E-state index contributed by atoms with van der Waals surface area (Å²) in [6.45, 7) is 5.99. The van der Waals surface area contributed by atoms with Gasteiger partial charge in [0.25, 0.3) is 0 Å². The number of ether oxygens (including phenoxy) is 2. The van der Waals surface area contributed by atoms with Crippen molar-refractivity contribution in [3.8, 4) is 11.5 Å². The van der Waals surface area contributed by atoms with E-state index >= 15 is 0 Å². The van der Waals surface area contributed by atoms with Gasteiger partial charge in [0.15, 0.2) is 0 Å². The predicted molar refractivity (Wildman–Crippen MR) is 92.8 cm³/mol. The smallest absolute Gasteiger partial charge is 0.323 e. The van der Waals surface area contributed by atoms with Crippen LogP contribution in [0.4, 0.5) is 16.2 Å². The van der Waals surface area contributed by atoms with Gasteiger partial charge in [0, 0.05) is 29.6 Å². The highest BCUT2D eigenvalue weighted by Crippen LogP contribution is 2.26. The largest absolute Gasteiger partial charge is 0.497 e. The minimum atomic E-state index is -0.310. The van der Waals surface area contributed by atoms with Crippen LogP contribution in [-0.2, 0) is 0 Å². The lowest BCUT2D eigenvalue weighted by Crippen LogP contribution is -2.20. The van der Waals surface area contributed by atoms with Gasteiger partial charge in [0.1, 0.15) is 11.5 Å². The Morgan fingerprint density at radius 1 is 0.826 bits per heavy atom. The molecule has 0 aromatic heterocycles. The highest BCUT2D eigenvalue weighted by molar-refractivity contribution is 6.01. The summed E-state index contributed by atoms with van der Waals surface area (Å²) >= 11 is 0. The van der Waals surface area contributed by atoms with E-state index in [2.05, 4.69) is 10.6 Å². The van der Waals surface area contributed by atoms with Gasteiger partial charge in [-0.05, 0) is 31.9 Å². The standard InChI is InChI=1S/C18H22N2O3/c1-11-6-12(2)17(13(3)7-11)20-18(21)19-14-8-15(22-4)10-16(9-14)23-5/h6-10H,1-5H3,(H2,19,20,21). The van der Waals surface area contributed by atoms with Crippen LogP contribution in [0.5, 0.6) is 11.5 Å². The molecule has 0 unspecified atom stereocenters. The van der Waals surface area contributed by atoms with Crippen molar-refractivity contribution in [3.63, 3.8) is 0 Å². The summed E-state index contributed by atoms with van der Waals surface area (Å²) in [5.41, 5.74) is 4.65. The fraction of sp³-hybridized carbons (Fsp3) is 0.278. The number of benzene rings is 2. The van der Waals surface area contributed by atoms with Crippen LogP contribution in [-0.4, -0.2) is 20.3 Å². The molecule has 5 heteroatoms. The molecule has 0 spiro atoms. The summed E-state index contributed by atoms with van der Waals surface area (Å²) in [7, 11) is 3.13. The van der Waals surface area contributed by atoms with Crippen LogP contribution < -0.4 is 20.1 Å². The molecule has 2 N–H and O–H groups in total. The van der Waals surface area contributed by atoms with Crippen molar-refractivity contribution in [1.29, 1.82) is 0 Å². The van der Waals surface area contributed by atoms with E-state index in [0.29, 0.717) is 17.2 Å². The summed E-state index contributed by atoms with van der Waals surface area (Å²) < 4.78 is 10.4. The first-order valence-corrected chi connectivity index (χ1v) is 7.32. The lowest BCUT2D eigenvalue weighted by Gasteiger charge is -2.14. The molecule has 0 aliphatic heterocycles. The van der Waals surface area contributed by atoms with Gasteiger partial charge in [-0.1, -0.05) is 17.7 Å². The third-order valence-electron chi connectivity index (χ3n) is 3.52. The second-order valence-corrected chi connectivity index (χ2v) is 5.45. The van der Waals surface area contributed by atoms with Gasteiger partial charge in [-0.15, -0.1) is 0 Å². The van der Waals surface area contributed by atoms with Crippen LogP contribution in [0.3, 0.4) is 0 Å². The fourth-order valence-corrected chi connectivity index (χ4v) is 2.53. The molecule has 0 heterocycles. The van der Waals surface area contributed by atoms with E-state index in [1.807, 2.05) is 32.9 Å². The monoisotopic (exact) mass is 314 g/mol. The van der Waals surface area contributed by atoms with Gasteiger partial charge in [0.05, 0.1) is 14.2 Å². The zero-order valence-corrected chi connectivity index (χ0v) is 14.1. The maximum absolute atomic E-state index is 12.3. The molecule has 2 aromatic carbocycles. The summed E-state index contributed by atoms with van der Waals surface area (Å²) in [5, 5.41) is 5.70. The molecule has 0 bridgehead atoms. The van der Waals surface area contributed by atoms with E-state index in [-0.39, 0.29) is 6.03 Å². The second kappa shape index (κ2) is 7.05. The molecule has 0 radical (unpaired) electrons. The number of nitrogens with one attached hydrogen (secondary N) is 2. The fourth-order valence-electron chi connectivity index (χ4n) is 2.53. The first-order chi connectivity index (χ1) is 10.9. The Morgan fingerprint density at radius 3 is 1.83 bits per heavy atom. The summed E-state index contributed by atoms with van der Waals surface area (Å²) in [5.74, 6) is 1.23. The third kappa shape index (κ3) is 4.16. The number of hydrogen-bond acceptors (Lipinski definition) is 3. The average molecular weight is 314 g/mol. The van der Waals surface area contributed by atoms with Gasteiger partial charge in [-0.25, -0.2) is 4.79 Å². The van der Waals surface area contributed by atoms with Crippen LogP contribution in [0.25, 0.3) is 0 Å². The second-order valence-electron chi connectivity index (χ2n) is 5.45. The summed E-state index contributed by atoms with van der Waals surface area (Å²) in [6, 6.07) is 8.98. The van der Waals surface area contributed by atoms with Crippen molar-refractivity contribution in [1.82, 2.24) is 0 Å². The van der Waals surface area contributed by atoms with E-state index in [0.717, 1.165) is 16.8 Å². The number of amides is 2. The van der Waals surface area contributed by atoms with Gasteiger partial charge in [0.2, 0.25) is 0 Å². The molecule has 2 rings (SSSR count). The van der Waals surface area contributed by atoms with E-state index < -0.39 is 0 Å². The lowest BCUT2D eigenvalue weighted by molar-refractivity contribution is 0.262. The van der Waals surface area contributed by atoms with Gasteiger partial charge in [-0.2, -0.15) is 0 Å². The SMILES string of the molecule is COc1cc(NC(=O)Nc2c(C)cc(C)cc2C)cc(OC)c1. The Balaban J connectivity index is 2.17. The van der Waals surface area contributed by atoms with Crippen molar-refractivity contribution in [2.75, 3.05) is 24.9 Å². The van der Waals surface area contributed by atoms with Gasteiger partial charge >= 0.3 is 6.03 Å². The van der Waals surface area contributed by atoms with Crippen LogP contribution >= 0.6 is 0 Å². The number of carbonyl (C=O) groups excluding carboxylic acids is 1. The van der Waals surface area contributed by atoms with Crippen molar-refractivity contribution >= 4 is 17.4 Å². The Labute approximate surface area is 136 Å². The molecule has 0 atom stereocenters. The van der Waals surface area contributed by atoms with Gasteiger partial charge < -0.3 is 20.1 Å². The Hall–Kier alpha value is -2.69. The molecular formula is C18H22N2O3. The third-order valence-corrected chi connectivity index (χ3v) is 3.52. The zero-order valence-electron chi connectivity index (χ0n) is 14.1. The first-order valence-electron chi connectivity index (χ1n) is 7.32. The number of carbonyl (C=O) groups is 1. The van der Waals surface area contributed by atoms with E-state index in [1.54, 1.807) is 32.4 Å². The molecule has 2 amide bonds. The maximum atomic E-state index is 12.3. The van der Waals surface area contributed by atoms with Crippen LogP contribution in [0.2, 0.25) is 0 Å². The van der Waals surface area contributed by atoms with Gasteiger partial charge in [-0.3, -0.25) is 0 Å². The van der Waals surface area contributed by atoms with E-state index in [9.17, 15) is 4.79 Å². The van der Waals surface area contributed by atoms with E-state index in [4.69, 9.17) is 9.47 Å². The molecule has 0 saturated carbocycles. The number of anilines is 2. The van der Waals surface area contributed by atoms with Crippen LogP contribution in [0.15, 0.2) is 30.3 Å². The molecule has 23 heavy (non-hydrogen) atoms. The first kappa shape index (κ1) is 16.7. The lowest BCUT2D eigenvalue weighted by atomic mass is 10.1. The molecular weight excluding hydrogens is 292 g/mol. The maximum Gasteiger partial charge on any atom is 0.323 e. The zero-order chi connectivity index (χ0) is 17.0. The Bertz CT molecular complexity index is 681. The molecule has 0 saturated heterocycles. The van der Waals surface area contributed by atoms with Crippen molar-refractivity contribution < 1.29 is 14.3 Å². The summed E-state index contributed by atoms with van der Waals surface area (Å²) in [4.78, 5) is 12.3. The summed E-state index contributed by atoms with van der Waals surface area (Å²) in [6.07, 6.45) is 0. The normalized spacial score (nSPS) is 10.1. The number of hydrogen-bond donors (Lipinski definition) is 2. The molecule has 2 aromatic rings. The highest BCUT2D eigenvalue weighted by atomic mass is 16.5. The number of urea groups is 1. The number of methoxy groups -OCH3 is 2. The molecule has 0 fully saturated rings. The topological polar surface area (TPSA) is 59.6 Å². The van der Waals surface area contributed by atoms with Crippen molar-refractivity contribution in [2.45, 2.75) is 20.8 Å². The Kier molecular flexibility index (Phi) is 5.11. The van der Waals surface area contributed by atoms with Crippen molar-refractivity contribution in [2.24, 2.45) is 0 Å². The molecule has 122 valence electrons. The van der Waals surface area contributed by atoms with Crippen LogP contribution in [0.1, 0.15) is 16.7 Å². The molecule has 0 aliphatic carbocycles. The highest BCUT2D eigenvalue weighted by Gasteiger charge is 2.10. The minimum absolute atomic E-state index is 0.310. The Morgan fingerprint density at radius 2 is 1.35 bits per heavy atom. The predicted octanol–water partition coefficient (Wildman–Crippen LogP) is 4.27. The molecule has 5 nitrogen and oxygen atoms in total. The van der Waals surface area contributed by atoms with Crippen LogP contribution in [0, 0.1) is 20.8 Å². The quantitative estimate of drug-likeness (QED) is 0.886.